The van der Waals surface area contributed by atoms with E-state index in [-0.39, 0.29) is 25.4 Å². The van der Waals surface area contributed by atoms with Gasteiger partial charge in [-0.15, -0.1) is 39.4 Å². The minimum atomic E-state index is -0.779. The standard InChI is InChI=1S/C10H12ClN5O3.C10H10ClN3O2S.C10H19N5O3.C9H8ClN3S2.C8H10ClN5O2.C8H9ClN4O2S.C7H13N3O2S/c1-14-6-19-7-15(10(14)13-16(17)18)5-8-2-3-9(11)12-4-8;11-9-2-1-8(5-12-9)6-13-3-4-17-10(13)7-14(15)16;1-12-7-13(2)10(11-15(16)17)14(8-12)5-9-3-4-18-6-9;10-8-2-1-7(15-8)5-13-3-4-14-9(13)12-6-11;1-10-8(13-14(15)16)12-5-6-2-3-7(9)11-4-6;9-8-11-3-6(16-8)4-12-2-1-10-7(12)5-13(14)15;1-13-5-4-9-3-2-8-7(9)6-10(11)12/h2-4H,5-7H2,1H3;1-2,5,7H,3-4,6H2;9H,3-8H2,1-2H3;1-2H,3-5H2;2-4H,5H2,1H3,(H2,10,12,13);3,5,10H,1-2,4H2;6,8H,2-5H2,1H3/b13-10+;10-7-;11-10+;;;7-5+;. The van der Waals surface area contributed by atoms with Crippen LogP contribution in [-0.2, 0) is 42.2 Å². The first-order valence-corrected chi connectivity index (χ1v) is 40.7. The molecular weight excluding hydrogens is 1700 g/mol. The SMILES string of the molecule is CN/C(=N\[N+](=O)[O-])NCc1ccc(Cl)nc1.CN1CN(C)/C(=N\[N+](=O)[O-])N(CC2CCOC2)C1.CN1COCN(Cc2ccc(Cl)nc2)/C1=N/[N+](=O)[O-].CSCCN1CCNC1=C[N+](=O)[O-].N#CN=C1SCCN1Cc1ccc(Cl)s1.O=[N+]([O-])/C=C1\NCCN1Cc1cnc(Cl)s1.O=[N+]([O-])/C=C1\SCCN1Cc1ccc(Cl)nc1. The number of pyridine rings is 3. The first kappa shape index (κ1) is 93.4. The van der Waals surface area contributed by atoms with E-state index in [0.717, 1.165) is 139 Å². The van der Waals surface area contributed by atoms with Crippen LogP contribution >= 0.6 is 116 Å². The van der Waals surface area contributed by atoms with E-state index in [1.165, 1.54) is 35.0 Å². The van der Waals surface area contributed by atoms with E-state index in [2.05, 4.69) is 71.3 Å². The van der Waals surface area contributed by atoms with Crippen LogP contribution in [0.4, 0.5) is 0 Å². The van der Waals surface area contributed by atoms with Crippen molar-refractivity contribution in [3.05, 3.63) is 220 Å². The Balaban J connectivity index is 0.000000208. The molecule has 0 amide bonds. The van der Waals surface area contributed by atoms with Gasteiger partial charge in [0.1, 0.15) is 49.3 Å². The van der Waals surface area contributed by atoms with Crippen LogP contribution in [0.25, 0.3) is 0 Å². The van der Waals surface area contributed by atoms with Gasteiger partial charge in [0.15, 0.2) is 36.4 Å². The smallest absolute Gasteiger partial charge is 0.277 e. The number of thiazole rings is 1. The third-order valence-electron chi connectivity index (χ3n) is 15.6. The summed E-state index contributed by atoms with van der Waals surface area (Å²) in [6.07, 6.45) is 14.5. The Bertz CT molecular complexity index is 4230. The van der Waals surface area contributed by atoms with E-state index in [0.29, 0.717) is 94.5 Å². The van der Waals surface area contributed by atoms with Crippen LogP contribution < -0.4 is 21.3 Å². The number of hydrogen-bond donors (Lipinski definition) is 4. The molecule has 12 heterocycles. The van der Waals surface area contributed by atoms with Gasteiger partial charge in [-0.1, -0.05) is 88.0 Å². The number of nitrogens with one attached hydrogen (secondary N) is 4. The van der Waals surface area contributed by atoms with E-state index < -0.39 is 29.9 Å². The molecule has 618 valence electrons. The highest BCUT2D eigenvalue weighted by atomic mass is 35.5. The number of hydrazone groups is 3. The van der Waals surface area contributed by atoms with Crippen LogP contribution in [0.1, 0.15) is 32.9 Å². The van der Waals surface area contributed by atoms with Gasteiger partial charge in [-0.25, -0.2) is 50.3 Å². The van der Waals surface area contributed by atoms with Crippen LogP contribution in [-0.4, -0.2) is 261 Å². The topological polar surface area (TPSA) is 479 Å². The van der Waals surface area contributed by atoms with Crippen molar-refractivity contribution < 1.29 is 39.3 Å². The largest absolute Gasteiger partial charge is 0.381 e. The van der Waals surface area contributed by atoms with Gasteiger partial charge in [0, 0.05) is 157 Å². The molecule has 1 unspecified atom stereocenters. The number of halogens is 5. The van der Waals surface area contributed by atoms with Crippen molar-refractivity contribution in [3.63, 3.8) is 0 Å². The third kappa shape index (κ3) is 35.1. The fourth-order valence-corrected chi connectivity index (χ4v) is 15.5. The molecule has 7 aliphatic heterocycles. The zero-order valence-electron chi connectivity index (χ0n) is 61.9. The predicted molar refractivity (Wildman–Crippen MR) is 439 cm³/mol. The molecule has 7 fully saturated rings. The Hall–Kier alpha value is -9.45. The zero-order valence-corrected chi connectivity index (χ0v) is 69.7. The second-order valence-corrected chi connectivity index (χ2v) is 31.9. The van der Waals surface area contributed by atoms with Gasteiger partial charge in [0.05, 0.1) is 52.1 Å². The Kier molecular flexibility index (Phi) is 41.0. The molecule has 7 aliphatic rings. The van der Waals surface area contributed by atoms with Crippen LogP contribution in [0, 0.1) is 78.1 Å². The highest BCUT2D eigenvalue weighted by molar-refractivity contribution is 8.14. The number of nitriles is 1. The number of thioether (sulfide) groups is 3. The second-order valence-electron chi connectivity index (χ2n) is 24.1. The number of rotatable bonds is 21. The van der Waals surface area contributed by atoms with Crippen LogP contribution in [0.2, 0.25) is 24.3 Å². The lowest BCUT2D eigenvalue weighted by Crippen LogP contribution is -2.57. The summed E-state index contributed by atoms with van der Waals surface area (Å²) in [5.41, 5.74) is 2.70. The predicted octanol–water partition coefficient (Wildman–Crippen LogP) is 7.97. The highest BCUT2D eigenvalue weighted by Gasteiger charge is 2.31. The summed E-state index contributed by atoms with van der Waals surface area (Å²) in [5, 5.41) is 92.8. The summed E-state index contributed by atoms with van der Waals surface area (Å²) in [7, 11) is 7.01. The summed E-state index contributed by atoms with van der Waals surface area (Å²) < 4.78 is 11.9. The van der Waals surface area contributed by atoms with Gasteiger partial charge in [0.25, 0.3) is 36.5 Å². The number of ether oxygens (including phenoxy) is 2. The average molecular weight is 1780 g/mol. The van der Waals surface area contributed by atoms with Crippen molar-refractivity contribution in [2.75, 3.05) is 144 Å². The number of aromatic nitrogens is 4. The number of thiophene rings is 1. The van der Waals surface area contributed by atoms with Gasteiger partial charge in [-0.2, -0.15) is 17.0 Å². The molecule has 0 radical (unpaired) electrons. The first-order valence-electron chi connectivity index (χ1n) is 33.8. The molecule has 12 rings (SSSR count). The molecule has 1 atom stereocenters. The lowest BCUT2D eigenvalue weighted by atomic mass is 10.1. The molecule has 114 heavy (non-hydrogen) atoms. The molecule has 0 aromatic carbocycles. The fraction of sp³-hybridized carbons (Fsp3) is 0.468. The van der Waals surface area contributed by atoms with Gasteiger partial charge in [-0.05, 0) is 66.7 Å². The maximum absolute atomic E-state index is 10.6. The van der Waals surface area contributed by atoms with E-state index in [1.807, 2.05) is 64.3 Å². The normalized spacial score (nSPS) is 18.7. The highest BCUT2D eigenvalue weighted by Crippen LogP contribution is 2.30. The van der Waals surface area contributed by atoms with Crippen molar-refractivity contribution in [3.8, 4) is 6.19 Å². The van der Waals surface area contributed by atoms with Gasteiger partial charge in [-0.3, -0.25) is 35.2 Å². The molecule has 0 spiro atoms. The third-order valence-corrected chi connectivity index (χ3v) is 21.2. The summed E-state index contributed by atoms with van der Waals surface area (Å²) in [6, 6.07) is 14.4. The second kappa shape index (κ2) is 50.0. The molecular formula is C62H81Cl5N28O14S5. The quantitative estimate of drug-likeness (QED) is 0.0135. The Morgan fingerprint density at radius 3 is 1.75 bits per heavy atom. The minimum Gasteiger partial charge on any atom is -0.381 e. The molecule has 5 aromatic rings. The molecule has 5 aromatic heterocycles. The van der Waals surface area contributed by atoms with Crippen molar-refractivity contribution in [1.29, 1.82) is 5.26 Å². The first-order chi connectivity index (χ1) is 54.6. The Morgan fingerprint density at radius 1 is 0.640 bits per heavy atom. The number of amidine groups is 1. The van der Waals surface area contributed by atoms with Crippen molar-refractivity contribution >= 4 is 139 Å². The molecule has 0 aliphatic carbocycles. The van der Waals surface area contributed by atoms with Crippen LogP contribution in [0.15, 0.2) is 129 Å². The summed E-state index contributed by atoms with van der Waals surface area (Å²) in [6.45, 7) is 12.6. The maximum Gasteiger partial charge on any atom is 0.277 e. The van der Waals surface area contributed by atoms with E-state index in [1.54, 1.807) is 112 Å². The zero-order chi connectivity index (χ0) is 83.1. The summed E-state index contributed by atoms with van der Waals surface area (Å²) in [5.74, 6) is 5.25. The molecule has 7 saturated heterocycles. The molecule has 0 bridgehead atoms. The maximum atomic E-state index is 10.6. The van der Waals surface area contributed by atoms with E-state index in [4.69, 9.17) is 72.7 Å². The van der Waals surface area contributed by atoms with Gasteiger partial charge in [0.2, 0.25) is 6.19 Å². The van der Waals surface area contributed by atoms with Gasteiger partial charge < -0.3 is 69.9 Å². The number of nitro groups is 6. The summed E-state index contributed by atoms with van der Waals surface area (Å²) >= 11 is 36.4. The monoisotopic (exact) mass is 1780 g/mol. The molecule has 4 N–H and O–H groups in total. The molecule has 42 nitrogen and oxygen atoms in total. The van der Waals surface area contributed by atoms with Crippen molar-refractivity contribution in [2.45, 2.75) is 39.1 Å². The van der Waals surface area contributed by atoms with E-state index >= 15 is 0 Å². The average Bonchev–Trinajstić information content (AvgIpc) is 1.30. The lowest BCUT2D eigenvalue weighted by molar-refractivity contribution is -0.486. The molecule has 0 saturated carbocycles. The number of aliphatic imine (C=N–C) groups is 1. The van der Waals surface area contributed by atoms with Crippen molar-refractivity contribution in [1.82, 2.24) is 85.3 Å². The van der Waals surface area contributed by atoms with Gasteiger partial charge >= 0.3 is 0 Å². The Labute approximate surface area is 699 Å². The summed E-state index contributed by atoms with van der Waals surface area (Å²) in [4.78, 5) is 99.8. The molecule has 52 heteroatoms. The number of hydrogen-bond acceptors (Lipinski definition) is 31. The van der Waals surface area contributed by atoms with Crippen molar-refractivity contribution in [2.24, 2.45) is 26.2 Å². The number of nitrogens with zero attached hydrogens (tertiary/aromatic N) is 24. The number of guanidine groups is 3. The fourth-order valence-electron chi connectivity index (χ4n) is 10.7. The van der Waals surface area contributed by atoms with E-state index in [9.17, 15) is 60.7 Å². The lowest BCUT2D eigenvalue weighted by Gasteiger charge is -2.40. The van der Waals surface area contributed by atoms with Crippen LogP contribution in [0.3, 0.4) is 0 Å². The van der Waals surface area contributed by atoms with Crippen LogP contribution in [0.5, 0.6) is 0 Å². The minimum absolute atomic E-state index is 0.0833. The Morgan fingerprint density at radius 2 is 1.22 bits per heavy atom.